The smallest absolute Gasteiger partial charge is 0.296 e. The van der Waals surface area contributed by atoms with E-state index in [-0.39, 0.29) is 17.6 Å². The maximum atomic E-state index is 12.0. The van der Waals surface area contributed by atoms with Gasteiger partial charge in [-0.05, 0) is 31.5 Å². The highest BCUT2D eigenvalue weighted by Crippen LogP contribution is 2.11. The average molecular weight is 259 g/mol. The second-order valence-corrected chi connectivity index (χ2v) is 4.82. The molecule has 2 aromatic rings. The molecule has 1 amide bonds. The van der Waals surface area contributed by atoms with Gasteiger partial charge in [-0.3, -0.25) is 9.89 Å². The van der Waals surface area contributed by atoms with Gasteiger partial charge >= 0.3 is 0 Å². The fourth-order valence-electron chi connectivity index (χ4n) is 1.71. The minimum Gasteiger partial charge on any atom is -0.304 e. The van der Waals surface area contributed by atoms with Crippen molar-refractivity contribution in [1.29, 1.82) is 0 Å². The van der Waals surface area contributed by atoms with Crippen LogP contribution in [-0.4, -0.2) is 26.1 Å². The van der Waals surface area contributed by atoms with Gasteiger partial charge in [-0.25, -0.2) is 9.97 Å². The zero-order chi connectivity index (χ0) is 14.0. The van der Waals surface area contributed by atoms with Gasteiger partial charge in [-0.2, -0.15) is 0 Å². The lowest BCUT2D eigenvalue weighted by atomic mass is 10.2. The van der Waals surface area contributed by atoms with Crippen molar-refractivity contribution in [2.75, 3.05) is 5.32 Å². The first kappa shape index (κ1) is 13.2. The average Bonchev–Trinajstić information content (AvgIpc) is 2.76. The molecule has 100 valence electrons. The number of rotatable bonds is 3. The molecule has 0 aromatic carbocycles. The summed E-state index contributed by atoms with van der Waals surface area (Å²) in [5, 5.41) is 9.35. The number of nitrogens with one attached hydrogen (secondary N) is 2. The van der Waals surface area contributed by atoms with E-state index < -0.39 is 0 Å². The number of aryl methyl sites for hydroxylation is 2. The summed E-state index contributed by atoms with van der Waals surface area (Å²) < 4.78 is 0. The van der Waals surface area contributed by atoms with Gasteiger partial charge in [0.05, 0.1) is 0 Å². The summed E-state index contributed by atoms with van der Waals surface area (Å²) in [4.78, 5) is 20.4. The molecule has 0 aliphatic rings. The SMILES string of the molecule is Cc1cc(C)nc(NC(=O)c2n[nH]c(C(C)C)n2)c1. The van der Waals surface area contributed by atoms with Crippen molar-refractivity contribution in [3.63, 3.8) is 0 Å². The van der Waals surface area contributed by atoms with Gasteiger partial charge in [-0.15, -0.1) is 5.10 Å². The molecule has 2 N–H and O–H groups in total. The summed E-state index contributed by atoms with van der Waals surface area (Å²) in [6, 6.07) is 3.75. The molecular formula is C13H17N5O. The van der Waals surface area contributed by atoms with Crippen LogP contribution in [0.5, 0.6) is 0 Å². The number of aromatic nitrogens is 4. The third-order valence-corrected chi connectivity index (χ3v) is 2.59. The first-order valence-corrected chi connectivity index (χ1v) is 6.14. The van der Waals surface area contributed by atoms with Gasteiger partial charge in [0, 0.05) is 11.6 Å². The van der Waals surface area contributed by atoms with Crippen LogP contribution < -0.4 is 5.32 Å². The van der Waals surface area contributed by atoms with Crippen LogP contribution in [-0.2, 0) is 0 Å². The molecule has 0 aliphatic carbocycles. The fraction of sp³-hybridized carbons (Fsp3) is 0.385. The maximum Gasteiger partial charge on any atom is 0.296 e. The van der Waals surface area contributed by atoms with Gasteiger partial charge in [-0.1, -0.05) is 13.8 Å². The van der Waals surface area contributed by atoms with Crippen LogP contribution in [0.4, 0.5) is 5.82 Å². The molecule has 0 bridgehead atoms. The van der Waals surface area contributed by atoms with Gasteiger partial charge in [0.1, 0.15) is 11.6 Å². The second kappa shape index (κ2) is 5.17. The lowest BCUT2D eigenvalue weighted by Gasteiger charge is -2.04. The number of carbonyl (C=O) groups excluding carboxylic acids is 1. The van der Waals surface area contributed by atoms with Crippen molar-refractivity contribution < 1.29 is 4.79 Å². The van der Waals surface area contributed by atoms with E-state index in [4.69, 9.17) is 0 Å². The Bertz CT molecular complexity index is 583. The highest BCUT2D eigenvalue weighted by Gasteiger charge is 2.14. The van der Waals surface area contributed by atoms with Crippen LogP contribution >= 0.6 is 0 Å². The molecule has 2 heterocycles. The first-order valence-electron chi connectivity index (χ1n) is 6.14. The van der Waals surface area contributed by atoms with Crippen LogP contribution in [0.3, 0.4) is 0 Å². The summed E-state index contributed by atoms with van der Waals surface area (Å²) in [6.45, 7) is 7.79. The Hall–Kier alpha value is -2.24. The molecule has 0 saturated carbocycles. The number of hydrogen-bond donors (Lipinski definition) is 2. The molecule has 0 fully saturated rings. The van der Waals surface area contributed by atoms with Crippen LogP contribution in [0, 0.1) is 13.8 Å². The topological polar surface area (TPSA) is 83.6 Å². The van der Waals surface area contributed by atoms with E-state index >= 15 is 0 Å². The third-order valence-electron chi connectivity index (χ3n) is 2.59. The zero-order valence-electron chi connectivity index (χ0n) is 11.5. The van der Waals surface area contributed by atoms with Crippen LogP contribution in [0.15, 0.2) is 12.1 Å². The zero-order valence-corrected chi connectivity index (χ0v) is 11.5. The minimum atomic E-state index is -0.361. The number of carbonyl (C=O) groups is 1. The number of hydrogen-bond acceptors (Lipinski definition) is 4. The molecule has 0 unspecified atom stereocenters. The third kappa shape index (κ3) is 3.15. The quantitative estimate of drug-likeness (QED) is 0.885. The van der Waals surface area contributed by atoms with Crippen LogP contribution in [0.25, 0.3) is 0 Å². The molecule has 0 spiro atoms. The number of H-pyrrole nitrogens is 1. The van der Waals surface area contributed by atoms with E-state index in [1.807, 2.05) is 33.8 Å². The number of anilines is 1. The molecule has 6 heteroatoms. The Kier molecular flexibility index (Phi) is 3.59. The Morgan fingerprint density at radius 3 is 2.58 bits per heavy atom. The van der Waals surface area contributed by atoms with E-state index in [9.17, 15) is 4.79 Å². The van der Waals surface area contributed by atoms with Gasteiger partial charge in [0.25, 0.3) is 5.91 Å². The molecule has 19 heavy (non-hydrogen) atoms. The van der Waals surface area contributed by atoms with E-state index in [0.29, 0.717) is 11.6 Å². The predicted octanol–water partition coefficient (Wildman–Crippen LogP) is 2.19. The van der Waals surface area contributed by atoms with Crippen molar-refractivity contribution >= 4 is 11.7 Å². The number of aromatic amines is 1. The monoisotopic (exact) mass is 259 g/mol. The summed E-state index contributed by atoms with van der Waals surface area (Å²) in [5.41, 5.74) is 1.90. The lowest BCUT2D eigenvalue weighted by Crippen LogP contribution is -2.15. The summed E-state index contributed by atoms with van der Waals surface area (Å²) in [5.74, 6) is 1.18. The van der Waals surface area contributed by atoms with Crippen LogP contribution in [0.2, 0.25) is 0 Å². The van der Waals surface area contributed by atoms with Gasteiger partial charge in [0.2, 0.25) is 5.82 Å². The Morgan fingerprint density at radius 1 is 1.26 bits per heavy atom. The predicted molar refractivity (Wildman–Crippen MR) is 72.1 cm³/mol. The normalized spacial score (nSPS) is 10.8. The van der Waals surface area contributed by atoms with E-state index in [1.54, 1.807) is 6.07 Å². The lowest BCUT2D eigenvalue weighted by molar-refractivity contribution is 0.101. The molecular weight excluding hydrogens is 242 g/mol. The van der Waals surface area contributed by atoms with Crippen molar-refractivity contribution in [1.82, 2.24) is 20.2 Å². The van der Waals surface area contributed by atoms with Gasteiger partial charge in [0.15, 0.2) is 0 Å². The number of nitrogens with zero attached hydrogens (tertiary/aromatic N) is 3. The Labute approximate surface area is 111 Å². The Morgan fingerprint density at radius 2 is 2.00 bits per heavy atom. The molecule has 0 radical (unpaired) electrons. The summed E-state index contributed by atoms with van der Waals surface area (Å²) in [6.07, 6.45) is 0. The van der Waals surface area contributed by atoms with Crippen LogP contribution in [0.1, 0.15) is 47.5 Å². The maximum absolute atomic E-state index is 12.0. The van der Waals surface area contributed by atoms with Gasteiger partial charge < -0.3 is 5.32 Å². The molecule has 0 atom stereocenters. The molecule has 2 aromatic heterocycles. The number of amides is 1. The molecule has 2 rings (SSSR count). The molecule has 0 saturated heterocycles. The van der Waals surface area contributed by atoms with E-state index in [2.05, 4.69) is 25.5 Å². The Balaban J connectivity index is 2.15. The number of pyridine rings is 1. The van der Waals surface area contributed by atoms with Crippen molar-refractivity contribution in [2.45, 2.75) is 33.6 Å². The fourth-order valence-corrected chi connectivity index (χ4v) is 1.71. The highest BCUT2D eigenvalue weighted by atomic mass is 16.2. The van der Waals surface area contributed by atoms with Crippen molar-refractivity contribution in [3.05, 3.63) is 35.0 Å². The highest BCUT2D eigenvalue weighted by molar-refractivity contribution is 6.00. The molecule has 6 nitrogen and oxygen atoms in total. The first-order chi connectivity index (χ1) is 8.95. The standard InChI is InChI=1S/C13H17N5O/c1-7(2)11-16-12(18-17-11)13(19)15-10-6-8(3)5-9(4)14-10/h5-7H,1-4H3,(H,14,15,19)(H,16,17,18). The minimum absolute atomic E-state index is 0.129. The second-order valence-electron chi connectivity index (χ2n) is 4.82. The van der Waals surface area contributed by atoms with Crippen molar-refractivity contribution in [3.8, 4) is 0 Å². The van der Waals surface area contributed by atoms with Crippen molar-refractivity contribution in [2.24, 2.45) is 0 Å². The summed E-state index contributed by atoms with van der Waals surface area (Å²) in [7, 11) is 0. The largest absolute Gasteiger partial charge is 0.304 e. The van der Waals surface area contributed by atoms with E-state index in [1.165, 1.54) is 0 Å². The molecule has 0 aliphatic heterocycles. The summed E-state index contributed by atoms with van der Waals surface area (Å²) >= 11 is 0. The van der Waals surface area contributed by atoms with E-state index in [0.717, 1.165) is 11.3 Å².